The second-order valence-electron chi connectivity index (χ2n) is 3.99. The first kappa shape index (κ1) is 13.1. The number of aromatic nitrogens is 2. The second kappa shape index (κ2) is 5.54. The standard InChI is InChI=1S/C13H15BrN2O2/c1-3-16-8-11(7-15-16)18-10-4-5-12(9(2)17)13(14)6-10/h4-9,17H,3H2,1-2H3/t9-/m0/s1. The molecule has 0 aliphatic heterocycles. The van der Waals surface area contributed by atoms with Crippen molar-refractivity contribution in [3.63, 3.8) is 0 Å². The van der Waals surface area contributed by atoms with Crippen LogP contribution in [0.5, 0.6) is 11.5 Å². The number of hydrogen-bond acceptors (Lipinski definition) is 3. The van der Waals surface area contributed by atoms with E-state index in [9.17, 15) is 5.11 Å². The molecule has 0 radical (unpaired) electrons. The number of ether oxygens (including phenoxy) is 1. The summed E-state index contributed by atoms with van der Waals surface area (Å²) >= 11 is 3.42. The number of halogens is 1. The van der Waals surface area contributed by atoms with Crippen molar-refractivity contribution in [3.05, 3.63) is 40.6 Å². The highest BCUT2D eigenvalue weighted by molar-refractivity contribution is 9.10. The molecule has 0 aliphatic rings. The third-order valence-corrected chi connectivity index (χ3v) is 3.28. The summed E-state index contributed by atoms with van der Waals surface area (Å²) in [4.78, 5) is 0. The minimum Gasteiger partial charge on any atom is -0.454 e. The molecule has 96 valence electrons. The molecular weight excluding hydrogens is 296 g/mol. The van der Waals surface area contributed by atoms with Crippen LogP contribution in [0.15, 0.2) is 35.1 Å². The highest BCUT2D eigenvalue weighted by atomic mass is 79.9. The molecule has 1 aromatic carbocycles. The molecular formula is C13H15BrN2O2. The van der Waals surface area contributed by atoms with E-state index < -0.39 is 6.10 Å². The van der Waals surface area contributed by atoms with Crippen LogP contribution in [0.2, 0.25) is 0 Å². The van der Waals surface area contributed by atoms with Crippen LogP contribution in [0.25, 0.3) is 0 Å². The quantitative estimate of drug-likeness (QED) is 0.940. The Hall–Kier alpha value is -1.33. The van der Waals surface area contributed by atoms with Crippen molar-refractivity contribution >= 4 is 15.9 Å². The monoisotopic (exact) mass is 310 g/mol. The zero-order valence-corrected chi connectivity index (χ0v) is 11.9. The number of aliphatic hydroxyl groups is 1. The molecule has 0 unspecified atom stereocenters. The van der Waals surface area contributed by atoms with Crippen LogP contribution >= 0.6 is 15.9 Å². The molecule has 5 heteroatoms. The number of aliphatic hydroxyl groups excluding tert-OH is 1. The molecule has 2 rings (SSSR count). The lowest BCUT2D eigenvalue weighted by molar-refractivity contribution is 0.198. The summed E-state index contributed by atoms with van der Waals surface area (Å²) in [6.45, 7) is 4.56. The maximum absolute atomic E-state index is 9.54. The first-order chi connectivity index (χ1) is 8.60. The average molecular weight is 311 g/mol. The molecule has 0 saturated heterocycles. The van der Waals surface area contributed by atoms with Gasteiger partial charge < -0.3 is 9.84 Å². The van der Waals surface area contributed by atoms with Crippen LogP contribution in [0, 0.1) is 0 Å². The molecule has 18 heavy (non-hydrogen) atoms. The third-order valence-electron chi connectivity index (χ3n) is 2.59. The molecule has 0 bridgehead atoms. The molecule has 1 atom stereocenters. The summed E-state index contributed by atoms with van der Waals surface area (Å²) in [5, 5.41) is 13.7. The van der Waals surface area contributed by atoms with Gasteiger partial charge in [-0.1, -0.05) is 22.0 Å². The predicted octanol–water partition coefficient (Wildman–Crippen LogP) is 3.51. The van der Waals surface area contributed by atoms with E-state index >= 15 is 0 Å². The van der Waals surface area contributed by atoms with E-state index in [-0.39, 0.29) is 0 Å². The van der Waals surface area contributed by atoms with Crippen molar-refractivity contribution < 1.29 is 9.84 Å². The molecule has 0 fully saturated rings. The highest BCUT2D eigenvalue weighted by Gasteiger charge is 2.08. The molecule has 0 amide bonds. The van der Waals surface area contributed by atoms with Crippen molar-refractivity contribution in [3.8, 4) is 11.5 Å². The first-order valence-corrected chi connectivity index (χ1v) is 6.57. The van der Waals surface area contributed by atoms with E-state index in [0.29, 0.717) is 11.5 Å². The van der Waals surface area contributed by atoms with E-state index in [4.69, 9.17) is 4.74 Å². The summed E-state index contributed by atoms with van der Waals surface area (Å²) < 4.78 is 8.31. The third kappa shape index (κ3) is 2.91. The predicted molar refractivity (Wildman–Crippen MR) is 72.8 cm³/mol. The lowest BCUT2D eigenvalue weighted by Crippen LogP contribution is -1.93. The topological polar surface area (TPSA) is 47.3 Å². The lowest BCUT2D eigenvalue weighted by Gasteiger charge is -2.09. The molecule has 1 heterocycles. The number of aryl methyl sites for hydroxylation is 1. The Labute approximate surface area is 114 Å². The van der Waals surface area contributed by atoms with E-state index in [1.54, 1.807) is 17.8 Å². The Balaban J connectivity index is 2.17. The summed E-state index contributed by atoms with van der Waals surface area (Å²) in [5.41, 5.74) is 0.839. The van der Waals surface area contributed by atoms with Crippen molar-refractivity contribution in [2.75, 3.05) is 0 Å². The highest BCUT2D eigenvalue weighted by Crippen LogP contribution is 2.29. The van der Waals surface area contributed by atoms with Crippen LogP contribution in [0.4, 0.5) is 0 Å². The molecule has 4 nitrogen and oxygen atoms in total. The molecule has 1 aromatic heterocycles. The van der Waals surface area contributed by atoms with Gasteiger partial charge in [0, 0.05) is 11.0 Å². The van der Waals surface area contributed by atoms with E-state index in [1.165, 1.54) is 0 Å². The minimum atomic E-state index is -0.503. The zero-order chi connectivity index (χ0) is 13.1. The largest absolute Gasteiger partial charge is 0.454 e. The van der Waals surface area contributed by atoms with Gasteiger partial charge in [0.15, 0.2) is 5.75 Å². The van der Waals surface area contributed by atoms with Crippen LogP contribution in [-0.2, 0) is 6.54 Å². The average Bonchev–Trinajstić information content (AvgIpc) is 2.76. The summed E-state index contributed by atoms with van der Waals surface area (Å²) in [6, 6.07) is 5.51. The van der Waals surface area contributed by atoms with Crippen molar-refractivity contribution in [1.29, 1.82) is 0 Å². The van der Waals surface area contributed by atoms with Gasteiger partial charge in [0.25, 0.3) is 0 Å². The second-order valence-corrected chi connectivity index (χ2v) is 4.85. The van der Waals surface area contributed by atoms with Gasteiger partial charge >= 0.3 is 0 Å². The van der Waals surface area contributed by atoms with Gasteiger partial charge in [-0.2, -0.15) is 5.10 Å². The van der Waals surface area contributed by atoms with Gasteiger partial charge in [-0.05, 0) is 31.5 Å². The number of hydrogen-bond donors (Lipinski definition) is 1. The van der Waals surface area contributed by atoms with E-state index in [1.807, 2.05) is 31.3 Å². The van der Waals surface area contributed by atoms with Crippen LogP contribution in [0.1, 0.15) is 25.5 Å². The van der Waals surface area contributed by atoms with Gasteiger partial charge in [-0.25, -0.2) is 0 Å². The van der Waals surface area contributed by atoms with Crippen LogP contribution in [0.3, 0.4) is 0 Å². The molecule has 0 spiro atoms. The fourth-order valence-corrected chi connectivity index (χ4v) is 2.31. The van der Waals surface area contributed by atoms with Crippen LogP contribution < -0.4 is 4.74 Å². The Morgan fingerprint density at radius 1 is 1.44 bits per heavy atom. The van der Waals surface area contributed by atoms with Gasteiger partial charge in [0.1, 0.15) is 5.75 Å². The van der Waals surface area contributed by atoms with Gasteiger partial charge in [0.05, 0.1) is 18.5 Å². The normalized spacial score (nSPS) is 12.4. The maximum atomic E-state index is 9.54. The number of rotatable bonds is 4. The summed E-state index contributed by atoms with van der Waals surface area (Å²) in [6.07, 6.45) is 3.02. The Morgan fingerprint density at radius 3 is 2.78 bits per heavy atom. The van der Waals surface area contributed by atoms with Gasteiger partial charge in [0.2, 0.25) is 0 Å². The van der Waals surface area contributed by atoms with E-state index in [0.717, 1.165) is 16.6 Å². The van der Waals surface area contributed by atoms with Gasteiger partial charge in [-0.15, -0.1) is 0 Å². The molecule has 0 aliphatic carbocycles. The van der Waals surface area contributed by atoms with E-state index in [2.05, 4.69) is 21.0 Å². The Kier molecular flexibility index (Phi) is 4.04. The number of benzene rings is 1. The molecule has 2 aromatic rings. The van der Waals surface area contributed by atoms with Crippen molar-refractivity contribution in [2.24, 2.45) is 0 Å². The van der Waals surface area contributed by atoms with Crippen molar-refractivity contribution in [1.82, 2.24) is 9.78 Å². The van der Waals surface area contributed by atoms with Gasteiger partial charge in [-0.3, -0.25) is 4.68 Å². The number of nitrogens with zero attached hydrogens (tertiary/aromatic N) is 2. The first-order valence-electron chi connectivity index (χ1n) is 5.78. The van der Waals surface area contributed by atoms with Crippen LogP contribution in [-0.4, -0.2) is 14.9 Å². The fourth-order valence-electron chi connectivity index (χ4n) is 1.62. The maximum Gasteiger partial charge on any atom is 0.165 e. The summed E-state index contributed by atoms with van der Waals surface area (Å²) in [7, 11) is 0. The Bertz CT molecular complexity index is 538. The Morgan fingerprint density at radius 2 is 2.22 bits per heavy atom. The minimum absolute atomic E-state index is 0.503. The molecule has 0 saturated carbocycles. The summed E-state index contributed by atoms with van der Waals surface area (Å²) in [5.74, 6) is 1.41. The smallest absolute Gasteiger partial charge is 0.165 e. The molecule has 1 N–H and O–H groups in total. The zero-order valence-electron chi connectivity index (χ0n) is 10.3. The van der Waals surface area contributed by atoms with Crippen molar-refractivity contribution in [2.45, 2.75) is 26.5 Å². The SMILES string of the molecule is CCn1cc(Oc2ccc([C@H](C)O)c(Br)c2)cn1. The lowest BCUT2D eigenvalue weighted by atomic mass is 10.1. The fraction of sp³-hybridized carbons (Fsp3) is 0.308.